The summed E-state index contributed by atoms with van der Waals surface area (Å²) in [4.78, 5) is 9.65. The number of hydrogen-bond donors (Lipinski definition) is 1. The molecule has 1 saturated heterocycles. The monoisotopic (exact) mass is 243 g/mol. The molecule has 0 radical (unpaired) electrons. The Morgan fingerprint density at radius 1 is 1.17 bits per heavy atom. The molecule has 1 fully saturated rings. The number of nitrogens with one attached hydrogen (secondary N) is 1. The molecular formula is C14H17N3O. The first-order chi connectivity index (χ1) is 8.92. The first-order valence-corrected chi connectivity index (χ1v) is 6.30. The normalized spacial score (nSPS) is 16.9. The van der Waals surface area contributed by atoms with Gasteiger partial charge in [-0.3, -0.25) is 4.90 Å². The molecule has 0 spiro atoms. The average Bonchev–Trinajstić information content (AvgIpc) is 2.95. The summed E-state index contributed by atoms with van der Waals surface area (Å²) in [6, 6.07) is 8.62. The van der Waals surface area contributed by atoms with E-state index in [9.17, 15) is 0 Å². The molecular weight excluding hydrogens is 226 g/mol. The average molecular weight is 243 g/mol. The molecule has 0 atom stereocenters. The second kappa shape index (κ2) is 5.33. The zero-order valence-corrected chi connectivity index (χ0v) is 10.3. The lowest BCUT2D eigenvalue weighted by atomic mass is 10.1. The van der Waals surface area contributed by atoms with E-state index in [0.29, 0.717) is 0 Å². The molecule has 2 heterocycles. The number of imidazole rings is 1. The van der Waals surface area contributed by atoms with Crippen molar-refractivity contribution >= 4 is 0 Å². The van der Waals surface area contributed by atoms with Gasteiger partial charge in [-0.1, -0.05) is 24.3 Å². The molecule has 0 saturated carbocycles. The highest BCUT2D eigenvalue weighted by Crippen LogP contribution is 2.17. The number of hydrogen-bond acceptors (Lipinski definition) is 3. The molecule has 0 unspecified atom stereocenters. The van der Waals surface area contributed by atoms with Crippen molar-refractivity contribution in [3.63, 3.8) is 0 Å². The first-order valence-electron chi connectivity index (χ1n) is 6.30. The second-order valence-corrected chi connectivity index (χ2v) is 4.54. The molecule has 1 aromatic carbocycles. The number of aromatic nitrogens is 2. The molecule has 1 aliphatic rings. The standard InChI is InChI=1S/C14H17N3O/c1-3-13(14-9-15-11-16-14)4-2-12(1)10-17-5-7-18-8-6-17/h1-4,9,11H,5-8,10H2,(H,15,16). The van der Waals surface area contributed by atoms with Gasteiger partial charge in [0, 0.05) is 31.4 Å². The Bertz CT molecular complexity index is 472. The van der Waals surface area contributed by atoms with Crippen LogP contribution in [-0.2, 0) is 11.3 Å². The van der Waals surface area contributed by atoms with E-state index >= 15 is 0 Å². The minimum Gasteiger partial charge on any atom is -0.379 e. The fourth-order valence-electron chi connectivity index (χ4n) is 2.22. The highest BCUT2D eigenvalue weighted by atomic mass is 16.5. The van der Waals surface area contributed by atoms with E-state index in [1.807, 2.05) is 6.20 Å². The van der Waals surface area contributed by atoms with Crippen molar-refractivity contribution < 1.29 is 4.74 Å². The Morgan fingerprint density at radius 2 is 1.94 bits per heavy atom. The van der Waals surface area contributed by atoms with E-state index in [1.54, 1.807) is 6.33 Å². The van der Waals surface area contributed by atoms with Crippen molar-refractivity contribution in [2.75, 3.05) is 26.3 Å². The predicted molar refractivity (Wildman–Crippen MR) is 70.1 cm³/mol. The van der Waals surface area contributed by atoms with E-state index in [-0.39, 0.29) is 0 Å². The molecule has 2 aromatic rings. The summed E-state index contributed by atoms with van der Waals surface area (Å²) in [5.41, 5.74) is 3.49. The van der Waals surface area contributed by atoms with Crippen LogP contribution in [-0.4, -0.2) is 41.2 Å². The van der Waals surface area contributed by atoms with Crippen LogP contribution < -0.4 is 0 Å². The Morgan fingerprint density at radius 3 is 2.61 bits per heavy atom. The van der Waals surface area contributed by atoms with Crippen LogP contribution in [0.3, 0.4) is 0 Å². The van der Waals surface area contributed by atoms with Crippen LogP contribution in [0.2, 0.25) is 0 Å². The van der Waals surface area contributed by atoms with Crippen molar-refractivity contribution in [3.8, 4) is 11.3 Å². The van der Waals surface area contributed by atoms with E-state index in [0.717, 1.165) is 44.1 Å². The molecule has 1 N–H and O–H groups in total. The molecule has 1 aromatic heterocycles. The van der Waals surface area contributed by atoms with Gasteiger partial charge in [0.15, 0.2) is 0 Å². The zero-order chi connectivity index (χ0) is 12.2. The summed E-state index contributed by atoms with van der Waals surface area (Å²) in [5.74, 6) is 0. The minimum atomic E-state index is 0.853. The summed E-state index contributed by atoms with van der Waals surface area (Å²) >= 11 is 0. The number of rotatable bonds is 3. The number of benzene rings is 1. The Hall–Kier alpha value is -1.65. The maximum atomic E-state index is 5.35. The van der Waals surface area contributed by atoms with Crippen molar-refractivity contribution in [1.29, 1.82) is 0 Å². The topological polar surface area (TPSA) is 41.2 Å². The van der Waals surface area contributed by atoms with Crippen molar-refractivity contribution in [3.05, 3.63) is 42.4 Å². The summed E-state index contributed by atoms with van der Waals surface area (Å²) in [5, 5.41) is 0. The van der Waals surface area contributed by atoms with E-state index in [4.69, 9.17) is 4.74 Å². The number of H-pyrrole nitrogens is 1. The largest absolute Gasteiger partial charge is 0.379 e. The van der Waals surface area contributed by atoms with Gasteiger partial charge in [0.25, 0.3) is 0 Å². The molecule has 0 aliphatic carbocycles. The molecule has 4 nitrogen and oxygen atoms in total. The van der Waals surface area contributed by atoms with Crippen LogP contribution in [0.5, 0.6) is 0 Å². The SMILES string of the molecule is c1nc(-c2ccc(CN3CCOCC3)cc2)c[nH]1. The predicted octanol–water partition coefficient (Wildman–Crippen LogP) is 1.91. The quantitative estimate of drug-likeness (QED) is 0.895. The van der Waals surface area contributed by atoms with Crippen LogP contribution in [0, 0.1) is 0 Å². The second-order valence-electron chi connectivity index (χ2n) is 4.54. The Kier molecular flexibility index (Phi) is 3.39. The van der Waals surface area contributed by atoms with Crippen LogP contribution in [0.1, 0.15) is 5.56 Å². The molecule has 3 rings (SSSR count). The van der Waals surface area contributed by atoms with E-state index in [1.165, 1.54) is 5.56 Å². The van der Waals surface area contributed by atoms with E-state index in [2.05, 4.69) is 39.1 Å². The summed E-state index contributed by atoms with van der Waals surface area (Å²) in [7, 11) is 0. The third kappa shape index (κ3) is 2.60. The van der Waals surface area contributed by atoms with Crippen LogP contribution >= 0.6 is 0 Å². The first kappa shape index (κ1) is 11.4. The summed E-state index contributed by atoms with van der Waals surface area (Å²) < 4.78 is 5.35. The lowest BCUT2D eigenvalue weighted by molar-refractivity contribution is 0.0342. The number of morpholine rings is 1. The van der Waals surface area contributed by atoms with Gasteiger partial charge in [0.05, 0.1) is 25.2 Å². The lowest BCUT2D eigenvalue weighted by Crippen LogP contribution is -2.35. The zero-order valence-electron chi connectivity index (χ0n) is 10.3. The molecule has 1 aliphatic heterocycles. The number of ether oxygens (including phenoxy) is 1. The van der Waals surface area contributed by atoms with Gasteiger partial charge in [-0.25, -0.2) is 4.98 Å². The Balaban J connectivity index is 1.67. The van der Waals surface area contributed by atoms with Gasteiger partial charge >= 0.3 is 0 Å². The van der Waals surface area contributed by atoms with Crippen molar-refractivity contribution in [2.24, 2.45) is 0 Å². The van der Waals surface area contributed by atoms with Gasteiger partial charge < -0.3 is 9.72 Å². The Labute approximate surface area is 107 Å². The minimum absolute atomic E-state index is 0.853. The fourth-order valence-corrected chi connectivity index (χ4v) is 2.22. The number of aromatic amines is 1. The maximum absolute atomic E-state index is 5.35. The van der Waals surface area contributed by atoms with Crippen molar-refractivity contribution in [2.45, 2.75) is 6.54 Å². The van der Waals surface area contributed by atoms with Gasteiger partial charge in [-0.15, -0.1) is 0 Å². The smallest absolute Gasteiger partial charge is 0.0927 e. The highest BCUT2D eigenvalue weighted by Gasteiger charge is 2.10. The molecule has 94 valence electrons. The van der Waals surface area contributed by atoms with Crippen LogP contribution in [0.4, 0.5) is 0 Å². The van der Waals surface area contributed by atoms with Gasteiger partial charge in [0.2, 0.25) is 0 Å². The molecule has 18 heavy (non-hydrogen) atoms. The molecule has 0 bridgehead atoms. The fraction of sp³-hybridized carbons (Fsp3) is 0.357. The maximum Gasteiger partial charge on any atom is 0.0927 e. The van der Waals surface area contributed by atoms with Crippen LogP contribution in [0.25, 0.3) is 11.3 Å². The highest BCUT2D eigenvalue weighted by molar-refractivity contribution is 5.58. The third-order valence-electron chi connectivity index (χ3n) is 3.26. The third-order valence-corrected chi connectivity index (χ3v) is 3.26. The summed E-state index contributed by atoms with van der Waals surface area (Å²) in [6.07, 6.45) is 3.62. The van der Waals surface area contributed by atoms with Crippen molar-refractivity contribution in [1.82, 2.24) is 14.9 Å². The van der Waals surface area contributed by atoms with E-state index < -0.39 is 0 Å². The van der Waals surface area contributed by atoms with Gasteiger partial charge in [-0.05, 0) is 5.56 Å². The van der Waals surface area contributed by atoms with Gasteiger partial charge in [0.1, 0.15) is 0 Å². The summed E-state index contributed by atoms with van der Waals surface area (Å²) in [6.45, 7) is 4.77. The molecule has 4 heteroatoms. The molecule has 0 amide bonds. The van der Waals surface area contributed by atoms with Crippen LogP contribution in [0.15, 0.2) is 36.8 Å². The number of nitrogens with zero attached hydrogens (tertiary/aromatic N) is 2. The van der Waals surface area contributed by atoms with Gasteiger partial charge in [-0.2, -0.15) is 0 Å². The lowest BCUT2D eigenvalue weighted by Gasteiger charge is -2.26.